The average Bonchev–Trinajstić information content (AvgIpc) is 2.89. The van der Waals surface area contributed by atoms with Crippen LogP contribution in [0.15, 0.2) is 9.59 Å². The molecule has 0 fully saturated rings. The number of nitriles is 1. The van der Waals surface area contributed by atoms with Gasteiger partial charge in [-0.05, 0) is 6.92 Å². The molecule has 0 aliphatic rings. The zero-order valence-corrected chi connectivity index (χ0v) is 11.9. The summed E-state index contributed by atoms with van der Waals surface area (Å²) in [6.45, 7) is 1.61. The molecule has 0 radical (unpaired) electrons. The molecule has 0 spiro atoms. The van der Waals surface area contributed by atoms with Crippen molar-refractivity contribution in [1.29, 1.82) is 5.26 Å². The van der Waals surface area contributed by atoms with Gasteiger partial charge in [0.1, 0.15) is 5.82 Å². The Labute approximate surface area is 124 Å². The lowest BCUT2D eigenvalue weighted by molar-refractivity contribution is 0.0449. The molecule has 0 saturated heterocycles. The lowest BCUT2D eigenvalue weighted by Crippen LogP contribution is -2.29. The van der Waals surface area contributed by atoms with Crippen molar-refractivity contribution in [2.75, 3.05) is 0 Å². The third-order valence-corrected chi connectivity index (χ3v) is 3.15. The van der Waals surface area contributed by atoms with Crippen LogP contribution < -0.4 is 11.2 Å². The normalized spacial score (nSPS) is 13.2. The van der Waals surface area contributed by atoms with Gasteiger partial charge in [0, 0.05) is 7.05 Å². The second-order valence-electron chi connectivity index (χ2n) is 4.49. The number of nitrogens with zero attached hydrogens (tertiary/aromatic N) is 4. The molecule has 0 aromatic carbocycles. The van der Waals surface area contributed by atoms with Gasteiger partial charge in [-0.3, -0.25) is 14.3 Å². The molecular weight excluding hydrogens is 290 g/mol. The number of aromatic nitrogens is 4. The van der Waals surface area contributed by atoms with Gasteiger partial charge < -0.3 is 14.8 Å². The molecule has 0 bridgehead atoms. The Morgan fingerprint density at radius 3 is 2.68 bits per heavy atom. The molecule has 2 unspecified atom stereocenters. The van der Waals surface area contributed by atoms with Crippen LogP contribution in [0.4, 0.5) is 0 Å². The van der Waals surface area contributed by atoms with E-state index in [-0.39, 0.29) is 23.5 Å². The first kappa shape index (κ1) is 15.5. The van der Waals surface area contributed by atoms with E-state index in [0.29, 0.717) is 0 Å². The summed E-state index contributed by atoms with van der Waals surface area (Å²) >= 11 is 0. The molecule has 2 rings (SSSR count). The van der Waals surface area contributed by atoms with Crippen LogP contribution in [0.25, 0.3) is 11.2 Å². The Kier molecular flexibility index (Phi) is 4.13. The van der Waals surface area contributed by atoms with Gasteiger partial charge in [0.25, 0.3) is 5.56 Å². The van der Waals surface area contributed by atoms with Crippen LogP contribution in [0.5, 0.6) is 0 Å². The monoisotopic (exact) mass is 303 g/mol. The maximum Gasteiger partial charge on any atom is 0.329 e. The second-order valence-corrected chi connectivity index (χ2v) is 4.49. The van der Waals surface area contributed by atoms with Gasteiger partial charge in [-0.25, -0.2) is 9.78 Å². The standard InChI is InChI=1S/C13H13N5O4/c1-3-4-5-18-8-10(17(2)13(22)16-12(8)21)15-11(18)9(20)7(19)6-14/h7,9,19-20H,5H2,1-2H3,(H,16,21,22). The Morgan fingerprint density at radius 2 is 2.09 bits per heavy atom. The van der Waals surface area contributed by atoms with Crippen LogP contribution >= 0.6 is 0 Å². The first-order valence-electron chi connectivity index (χ1n) is 6.27. The van der Waals surface area contributed by atoms with E-state index in [4.69, 9.17) is 5.26 Å². The zero-order chi connectivity index (χ0) is 16.4. The number of hydrogen-bond donors (Lipinski definition) is 3. The number of nitrogens with one attached hydrogen (secondary N) is 1. The highest BCUT2D eigenvalue weighted by molar-refractivity contribution is 5.71. The van der Waals surface area contributed by atoms with Gasteiger partial charge in [0.15, 0.2) is 23.4 Å². The van der Waals surface area contributed by atoms with Crippen molar-refractivity contribution >= 4 is 11.2 Å². The Balaban J connectivity index is 2.86. The third kappa shape index (κ3) is 2.39. The third-order valence-electron chi connectivity index (χ3n) is 3.15. The molecule has 0 saturated carbocycles. The summed E-state index contributed by atoms with van der Waals surface area (Å²) in [7, 11) is 1.40. The summed E-state index contributed by atoms with van der Waals surface area (Å²) in [4.78, 5) is 29.8. The number of rotatable bonds is 3. The minimum absolute atomic E-state index is 0.0127. The van der Waals surface area contributed by atoms with Gasteiger partial charge in [0.05, 0.1) is 12.6 Å². The van der Waals surface area contributed by atoms with Gasteiger partial charge in [-0.1, -0.05) is 5.92 Å². The highest BCUT2D eigenvalue weighted by atomic mass is 16.3. The van der Waals surface area contributed by atoms with Crippen LogP contribution in [-0.2, 0) is 13.6 Å². The molecule has 0 aliphatic carbocycles. The number of aliphatic hydroxyl groups excluding tert-OH is 2. The SMILES string of the molecule is CC#CCn1c(C(O)C(O)C#N)nc2c1c(=O)[nH]c(=O)n2C. The van der Waals surface area contributed by atoms with Crippen molar-refractivity contribution in [3.05, 3.63) is 26.7 Å². The van der Waals surface area contributed by atoms with Gasteiger partial charge in [0.2, 0.25) is 0 Å². The van der Waals surface area contributed by atoms with Crippen molar-refractivity contribution in [1.82, 2.24) is 19.1 Å². The molecule has 2 atom stereocenters. The van der Waals surface area contributed by atoms with Crippen molar-refractivity contribution in [2.45, 2.75) is 25.7 Å². The van der Waals surface area contributed by atoms with Gasteiger partial charge in [-0.15, -0.1) is 5.92 Å². The summed E-state index contributed by atoms with van der Waals surface area (Å²) in [5.74, 6) is 5.24. The zero-order valence-electron chi connectivity index (χ0n) is 11.9. The lowest BCUT2D eigenvalue weighted by atomic mass is 10.2. The average molecular weight is 303 g/mol. The van der Waals surface area contributed by atoms with E-state index in [9.17, 15) is 19.8 Å². The predicted molar refractivity (Wildman–Crippen MR) is 75.6 cm³/mol. The summed E-state index contributed by atoms with van der Waals surface area (Å²) in [5.41, 5.74) is -1.28. The topological polar surface area (TPSA) is 137 Å². The number of aryl methyl sites for hydroxylation is 1. The van der Waals surface area contributed by atoms with Gasteiger partial charge in [-0.2, -0.15) is 5.26 Å². The maximum atomic E-state index is 12.0. The largest absolute Gasteiger partial charge is 0.381 e. The quantitative estimate of drug-likeness (QED) is 0.459. The van der Waals surface area contributed by atoms with Crippen LogP contribution in [-0.4, -0.2) is 35.4 Å². The number of aliphatic hydroxyl groups is 2. The molecule has 114 valence electrons. The maximum absolute atomic E-state index is 12.0. The molecule has 0 amide bonds. The smallest absolute Gasteiger partial charge is 0.329 e. The van der Waals surface area contributed by atoms with Crippen molar-refractivity contribution in [2.24, 2.45) is 7.05 Å². The Bertz CT molecular complexity index is 934. The molecule has 9 heteroatoms. The van der Waals surface area contributed by atoms with E-state index in [2.05, 4.69) is 21.8 Å². The van der Waals surface area contributed by atoms with Crippen LogP contribution in [0.1, 0.15) is 18.9 Å². The molecule has 2 aromatic rings. The fourth-order valence-electron chi connectivity index (χ4n) is 2.01. The van der Waals surface area contributed by atoms with E-state index in [1.807, 2.05) is 0 Å². The van der Waals surface area contributed by atoms with Gasteiger partial charge >= 0.3 is 5.69 Å². The van der Waals surface area contributed by atoms with Crippen molar-refractivity contribution < 1.29 is 10.2 Å². The van der Waals surface area contributed by atoms with E-state index < -0.39 is 23.5 Å². The fourth-order valence-corrected chi connectivity index (χ4v) is 2.01. The first-order chi connectivity index (χ1) is 10.4. The second kappa shape index (κ2) is 5.85. The Hall–Kier alpha value is -2.88. The van der Waals surface area contributed by atoms with E-state index in [1.54, 1.807) is 6.92 Å². The molecule has 22 heavy (non-hydrogen) atoms. The summed E-state index contributed by atoms with van der Waals surface area (Å²) in [6.07, 6.45) is -3.35. The number of aromatic amines is 1. The van der Waals surface area contributed by atoms with E-state index in [1.165, 1.54) is 17.7 Å². The Morgan fingerprint density at radius 1 is 1.41 bits per heavy atom. The molecule has 2 aromatic heterocycles. The molecule has 2 heterocycles. The van der Waals surface area contributed by atoms with E-state index >= 15 is 0 Å². The van der Waals surface area contributed by atoms with Crippen LogP contribution in [0.3, 0.4) is 0 Å². The minimum atomic E-state index is -1.72. The van der Waals surface area contributed by atoms with Crippen molar-refractivity contribution in [3.63, 3.8) is 0 Å². The minimum Gasteiger partial charge on any atom is -0.381 e. The molecule has 0 aliphatic heterocycles. The van der Waals surface area contributed by atoms with Crippen molar-refractivity contribution in [3.8, 4) is 17.9 Å². The van der Waals surface area contributed by atoms with Crippen LogP contribution in [0.2, 0.25) is 0 Å². The fraction of sp³-hybridized carbons (Fsp3) is 0.385. The highest BCUT2D eigenvalue weighted by Crippen LogP contribution is 2.20. The molecule has 9 nitrogen and oxygen atoms in total. The summed E-state index contributed by atoms with van der Waals surface area (Å²) < 4.78 is 2.37. The predicted octanol–water partition coefficient (Wildman–Crippen LogP) is -1.64. The number of hydrogen-bond acceptors (Lipinski definition) is 6. The molecule has 3 N–H and O–H groups in total. The number of fused-ring (bicyclic) bond motifs is 1. The van der Waals surface area contributed by atoms with E-state index in [0.717, 1.165) is 4.57 Å². The lowest BCUT2D eigenvalue weighted by Gasteiger charge is -2.12. The molecular formula is C13H13N5O4. The highest BCUT2D eigenvalue weighted by Gasteiger charge is 2.26. The number of imidazole rings is 1. The first-order valence-corrected chi connectivity index (χ1v) is 6.27. The summed E-state index contributed by atoms with van der Waals surface area (Å²) in [5, 5.41) is 28.2. The van der Waals surface area contributed by atoms with Crippen LogP contribution in [0, 0.1) is 23.2 Å². The number of H-pyrrole nitrogens is 1. The summed E-state index contributed by atoms with van der Waals surface area (Å²) in [6, 6.07) is 1.49.